The van der Waals surface area contributed by atoms with Crippen LogP contribution in [0.25, 0.3) is 0 Å². The monoisotopic (exact) mass is 576 g/mol. The Hall–Kier alpha value is -4.25. The third-order valence-corrected chi connectivity index (χ3v) is 8.46. The SMILES string of the molecule is CON=C(C(=O)N[C@@H]1C(=O)N2[C@@H]1SC[C@H]1CC(=O)O[C@]12C(=O)OCc1ccc([N+](=O)[O-])cc1)c1csc(N)n1. The number of ether oxygens (including phenoxy) is 2. The molecule has 0 bridgehead atoms. The van der Waals surface area contributed by atoms with Crippen molar-refractivity contribution in [2.24, 2.45) is 11.1 Å². The summed E-state index contributed by atoms with van der Waals surface area (Å²) in [6.07, 6.45) is -0.0942. The number of rotatable bonds is 8. The molecule has 2 amide bonds. The highest BCUT2D eigenvalue weighted by Gasteiger charge is 2.71. The van der Waals surface area contributed by atoms with Gasteiger partial charge in [-0.05, 0) is 17.7 Å². The Morgan fingerprint density at radius 3 is 2.74 bits per heavy atom. The molecule has 3 fully saturated rings. The third kappa shape index (κ3) is 4.52. The van der Waals surface area contributed by atoms with E-state index in [1.165, 1.54) is 48.5 Å². The second kappa shape index (κ2) is 10.1. The number of esters is 2. The van der Waals surface area contributed by atoms with Gasteiger partial charge in [-0.2, -0.15) is 0 Å². The van der Waals surface area contributed by atoms with Crippen LogP contribution in [0.1, 0.15) is 17.7 Å². The van der Waals surface area contributed by atoms with Crippen molar-refractivity contribution >= 4 is 63.4 Å². The lowest BCUT2D eigenvalue weighted by Crippen LogP contribution is -2.80. The Bertz CT molecular complexity index is 1400. The van der Waals surface area contributed by atoms with Gasteiger partial charge in [0.25, 0.3) is 23.2 Å². The van der Waals surface area contributed by atoms with Gasteiger partial charge in [0.1, 0.15) is 30.8 Å². The number of amides is 2. The number of nitrogens with two attached hydrogens (primary N) is 1. The van der Waals surface area contributed by atoms with E-state index in [0.29, 0.717) is 5.56 Å². The summed E-state index contributed by atoms with van der Waals surface area (Å²) in [7, 11) is 1.25. The fourth-order valence-corrected chi connectivity index (χ4v) is 6.67. The quantitative estimate of drug-likeness (QED) is 0.144. The van der Waals surface area contributed by atoms with E-state index < -0.39 is 51.7 Å². The minimum absolute atomic E-state index is 0.0942. The van der Waals surface area contributed by atoms with E-state index in [1.54, 1.807) is 0 Å². The number of fused-ring (bicyclic) bond motifs is 3. The normalized spacial score (nSPS) is 25.6. The van der Waals surface area contributed by atoms with E-state index in [2.05, 4.69) is 15.5 Å². The van der Waals surface area contributed by atoms with Crippen molar-refractivity contribution in [3.05, 3.63) is 51.0 Å². The van der Waals surface area contributed by atoms with Crippen LogP contribution < -0.4 is 11.1 Å². The molecular formula is C22H20N6O9S2. The van der Waals surface area contributed by atoms with Gasteiger partial charge in [-0.1, -0.05) is 5.16 Å². The van der Waals surface area contributed by atoms with Crippen molar-refractivity contribution in [2.45, 2.75) is 30.2 Å². The van der Waals surface area contributed by atoms with Crippen molar-refractivity contribution in [1.29, 1.82) is 0 Å². The number of nitro benzene ring substituents is 1. The van der Waals surface area contributed by atoms with Gasteiger partial charge in [0.15, 0.2) is 10.8 Å². The summed E-state index contributed by atoms with van der Waals surface area (Å²) in [4.78, 5) is 72.2. The molecule has 1 aromatic carbocycles. The molecule has 17 heteroatoms. The van der Waals surface area contributed by atoms with Crippen LogP contribution in [-0.4, -0.2) is 74.3 Å². The van der Waals surface area contributed by atoms with E-state index in [4.69, 9.17) is 20.0 Å². The summed E-state index contributed by atoms with van der Waals surface area (Å²) >= 11 is 2.38. The van der Waals surface area contributed by atoms with E-state index in [1.807, 2.05) is 0 Å². The molecule has 0 spiro atoms. The summed E-state index contributed by atoms with van der Waals surface area (Å²) in [6, 6.07) is 4.33. The maximum Gasteiger partial charge on any atom is 0.373 e. The zero-order valence-corrected chi connectivity index (χ0v) is 21.7. The lowest BCUT2D eigenvalue weighted by atomic mass is 9.89. The summed E-state index contributed by atoms with van der Waals surface area (Å²) in [5.74, 6) is -3.40. The van der Waals surface area contributed by atoms with Crippen LogP contribution in [0.4, 0.5) is 10.8 Å². The summed E-state index contributed by atoms with van der Waals surface area (Å²) in [6.45, 7) is -0.267. The van der Waals surface area contributed by atoms with Gasteiger partial charge >= 0.3 is 11.9 Å². The average Bonchev–Trinajstić information content (AvgIpc) is 3.50. The van der Waals surface area contributed by atoms with Crippen molar-refractivity contribution in [2.75, 3.05) is 18.6 Å². The Labute approximate surface area is 227 Å². The highest BCUT2D eigenvalue weighted by atomic mass is 32.2. The number of carbonyl (C=O) groups excluding carboxylic acids is 4. The molecule has 0 radical (unpaired) electrons. The largest absolute Gasteiger partial charge is 0.456 e. The van der Waals surface area contributed by atoms with Gasteiger partial charge in [0.05, 0.1) is 11.3 Å². The number of non-ortho nitro benzene ring substituents is 1. The van der Waals surface area contributed by atoms with Crippen LogP contribution in [0.15, 0.2) is 34.8 Å². The second-order valence-electron chi connectivity index (χ2n) is 8.65. The van der Waals surface area contributed by atoms with Crippen LogP contribution in [0, 0.1) is 16.0 Å². The molecule has 4 heterocycles. The van der Waals surface area contributed by atoms with Crippen molar-refractivity contribution in [3.8, 4) is 0 Å². The zero-order chi connectivity index (χ0) is 27.9. The number of aromatic nitrogens is 1. The fraction of sp³-hybridized carbons (Fsp3) is 0.364. The Morgan fingerprint density at radius 2 is 2.10 bits per heavy atom. The minimum Gasteiger partial charge on any atom is -0.456 e. The first-order valence-electron chi connectivity index (χ1n) is 11.4. The molecule has 3 aliphatic rings. The second-order valence-corrected chi connectivity index (χ2v) is 10.7. The average molecular weight is 577 g/mol. The highest BCUT2D eigenvalue weighted by Crippen LogP contribution is 2.51. The van der Waals surface area contributed by atoms with Crippen molar-refractivity contribution < 1.29 is 38.4 Å². The molecule has 0 saturated carbocycles. The van der Waals surface area contributed by atoms with Crippen LogP contribution >= 0.6 is 23.1 Å². The number of hydrogen-bond acceptors (Lipinski definition) is 14. The van der Waals surface area contributed by atoms with Gasteiger partial charge in [0, 0.05) is 29.2 Å². The molecule has 3 saturated heterocycles. The number of hydrogen-bond donors (Lipinski definition) is 2. The number of nitrogens with one attached hydrogen (secondary N) is 1. The number of carbonyl (C=O) groups is 4. The van der Waals surface area contributed by atoms with Crippen LogP contribution in [-0.2, 0) is 40.1 Å². The topological polar surface area (TPSA) is 206 Å². The number of thioether (sulfide) groups is 1. The van der Waals surface area contributed by atoms with Crippen molar-refractivity contribution in [3.63, 3.8) is 0 Å². The molecule has 15 nitrogen and oxygen atoms in total. The molecular weight excluding hydrogens is 556 g/mol. The van der Waals surface area contributed by atoms with Crippen LogP contribution in [0.3, 0.4) is 0 Å². The minimum atomic E-state index is -1.99. The Morgan fingerprint density at radius 1 is 1.36 bits per heavy atom. The van der Waals surface area contributed by atoms with Crippen LogP contribution in [0.5, 0.6) is 0 Å². The molecule has 0 unspecified atom stereocenters. The van der Waals surface area contributed by atoms with E-state index in [-0.39, 0.29) is 41.0 Å². The lowest BCUT2D eigenvalue weighted by Gasteiger charge is -2.56. The summed E-state index contributed by atoms with van der Waals surface area (Å²) < 4.78 is 10.9. The fourth-order valence-electron chi connectivity index (χ4n) is 4.57. The van der Waals surface area contributed by atoms with Gasteiger partial charge in [-0.3, -0.25) is 29.4 Å². The van der Waals surface area contributed by atoms with Crippen molar-refractivity contribution in [1.82, 2.24) is 15.2 Å². The summed E-state index contributed by atoms with van der Waals surface area (Å²) in [5, 5.41) is 18.1. The standard InChI is InChI=1S/C22H20N6O9S2/c1-35-26-15(13-9-39-21(23)24-13)17(30)25-16-18(31)27-19(16)38-8-11-6-14(29)37-22(11,27)20(32)36-7-10-2-4-12(5-3-10)28(33)34/h2-5,9,11,16,19H,6-8H2,1H3,(H2,23,24)(H,25,30)/t11-,16-,19-,22+/m1/s1. The Balaban J connectivity index is 1.33. The molecule has 5 rings (SSSR count). The number of thiazole rings is 1. The summed E-state index contributed by atoms with van der Waals surface area (Å²) in [5.41, 5.74) is 3.96. The maximum atomic E-state index is 13.4. The molecule has 204 valence electrons. The first-order valence-corrected chi connectivity index (χ1v) is 13.3. The number of nitrogen functional groups attached to an aromatic ring is 1. The molecule has 3 aliphatic heterocycles. The number of anilines is 1. The number of benzene rings is 1. The third-order valence-electron chi connectivity index (χ3n) is 6.36. The van der Waals surface area contributed by atoms with E-state index in [9.17, 15) is 29.3 Å². The smallest absolute Gasteiger partial charge is 0.373 e. The first kappa shape index (κ1) is 26.4. The molecule has 2 aromatic rings. The molecule has 1 aromatic heterocycles. The van der Waals surface area contributed by atoms with E-state index >= 15 is 0 Å². The van der Waals surface area contributed by atoms with Crippen LogP contribution in [0.2, 0.25) is 0 Å². The number of nitrogens with zero attached hydrogens (tertiary/aromatic N) is 4. The Kier molecular flexibility index (Phi) is 6.85. The maximum absolute atomic E-state index is 13.4. The van der Waals surface area contributed by atoms with Gasteiger partial charge < -0.3 is 25.4 Å². The number of β-lactam (4-membered cyclic amide) rings is 1. The molecule has 39 heavy (non-hydrogen) atoms. The zero-order valence-electron chi connectivity index (χ0n) is 20.1. The van der Waals surface area contributed by atoms with Gasteiger partial charge in [0.2, 0.25) is 0 Å². The number of oxime groups is 1. The lowest BCUT2D eigenvalue weighted by molar-refractivity contribution is -0.384. The van der Waals surface area contributed by atoms with Gasteiger partial charge in [-0.15, -0.1) is 23.1 Å². The van der Waals surface area contributed by atoms with E-state index in [0.717, 1.165) is 16.2 Å². The van der Waals surface area contributed by atoms with Gasteiger partial charge in [-0.25, -0.2) is 9.78 Å². The first-order chi connectivity index (χ1) is 18.6. The predicted molar refractivity (Wildman–Crippen MR) is 135 cm³/mol. The molecule has 0 aliphatic carbocycles. The number of nitro groups is 1. The molecule has 4 atom stereocenters. The predicted octanol–water partition coefficient (Wildman–Crippen LogP) is 0.387. The highest BCUT2D eigenvalue weighted by molar-refractivity contribution is 8.00. The molecule has 3 N–H and O–H groups in total.